The fraction of sp³-hybridized carbons (Fsp3) is 1.00. The molecule has 18 heavy (non-hydrogen) atoms. The van der Waals surface area contributed by atoms with Gasteiger partial charge < -0.3 is 4.74 Å². The number of ether oxygens (including phenoxy) is 1. The van der Waals surface area contributed by atoms with Crippen molar-refractivity contribution in [3.63, 3.8) is 0 Å². The molecule has 2 bridgehead atoms. The Balaban J connectivity index is 1.98. The molecule has 3 heteroatoms. The first-order chi connectivity index (χ1) is 8.44. The van der Waals surface area contributed by atoms with Crippen LogP contribution in [-0.2, 0) is 4.74 Å². The Morgan fingerprint density at radius 1 is 1.39 bits per heavy atom. The molecule has 0 radical (unpaired) electrons. The Labute approximate surface area is 111 Å². The first kappa shape index (κ1) is 14.0. The van der Waals surface area contributed by atoms with Crippen molar-refractivity contribution in [1.29, 1.82) is 0 Å². The third-order valence-electron chi connectivity index (χ3n) is 5.36. The molecule has 2 saturated carbocycles. The lowest BCUT2D eigenvalue weighted by Crippen LogP contribution is -2.43. The summed E-state index contributed by atoms with van der Waals surface area (Å²) in [5.74, 6) is 0.793. The molecule has 0 spiro atoms. The van der Waals surface area contributed by atoms with Gasteiger partial charge in [0.2, 0.25) is 0 Å². The van der Waals surface area contributed by atoms with Gasteiger partial charge in [-0.1, -0.05) is 39.3 Å². The first-order valence-electron chi connectivity index (χ1n) is 7.38. The Hall–Kier alpha value is -0.440. The highest BCUT2D eigenvalue weighted by atomic mass is 16.5. The Bertz CT molecular complexity index is 311. The minimum absolute atomic E-state index is 0.159. The van der Waals surface area contributed by atoms with Gasteiger partial charge in [-0.05, 0) is 42.4 Å². The smallest absolute Gasteiger partial charge is 0.115 e. The van der Waals surface area contributed by atoms with Crippen LogP contribution in [0, 0.1) is 21.7 Å². The average molecular weight is 253 g/mol. The zero-order chi connectivity index (χ0) is 13.4. The van der Waals surface area contributed by atoms with Crippen molar-refractivity contribution in [2.24, 2.45) is 21.9 Å². The molecule has 0 aliphatic heterocycles. The van der Waals surface area contributed by atoms with E-state index in [-0.39, 0.29) is 11.5 Å². The molecule has 0 aromatic heterocycles. The molecule has 3 nitrogen and oxygen atoms in total. The van der Waals surface area contributed by atoms with E-state index in [0.717, 1.165) is 18.8 Å². The maximum atomic E-state index is 10.8. The summed E-state index contributed by atoms with van der Waals surface area (Å²) in [7, 11) is 0. The molecule has 0 aromatic carbocycles. The maximum absolute atomic E-state index is 10.8. The van der Waals surface area contributed by atoms with Crippen molar-refractivity contribution in [2.75, 3.05) is 6.61 Å². The lowest BCUT2D eigenvalue weighted by molar-refractivity contribution is -0.0922. The number of hydrogen-bond acceptors (Lipinski definition) is 3. The van der Waals surface area contributed by atoms with Crippen LogP contribution in [-0.4, -0.2) is 18.8 Å². The molecule has 2 aliphatic rings. The van der Waals surface area contributed by atoms with Crippen LogP contribution in [0.3, 0.4) is 0 Å². The molecule has 4 atom stereocenters. The zero-order valence-corrected chi connectivity index (χ0v) is 12.2. The van der Waals surface area contributed by atoms with E-state index in [1.807, 2.05) is 0 Å². The number of hydrogen-bond donors (Lipinski definition) is 0. The quantitative estimate of drug-likeness (QED) is 0.667. The molecule has 2 aliphatic carbocycles. The van der Waals surface area contributed by atoms with Crippen LogP contribution in [0.2, 0.25) is 0 Å². The summed E-state index contributed by atoms with van der Waals surface area (Å²) >= 11 is 0. The number of rotatable bonds is 6. The molecule has 0 N–H and O–H groups in total. The van der Waals surface area contributed by atoms with Crippen LogP contribution in [0.1, 0.15) is 59.8 Å². The summed E-state index contributed by atoms with van der Waals surface area (Å²) in [6.45, 7) is 9.61. The molecule has 0 amide bonds. The van der Waals surface area contributed by atoms with Gasteiger partial charge in [0.1, 0.15) is 6.04 Å². The van der Waals surface area contributed by atoms with Crippen molar-refractivity contribution in [2.45, 2.75) is 71.9 Å². The third kappa shape index (κ3) is 2.22. The zero-order valence-electron chi connectivity index (χ0n) is 12.2. The second kappa shape index (κ2) is 4.92. The van der Waals surface area contributed by atoms with E-state index in [0.29, 0.717) is 18.1 Å². The fourth-order valence-electron chi connectivity index (χ4n) is 4.38. The normalized spacial score (nSPS) is 38.9. The van der Waals surface area contributed by atoms with E-state index in [1.54, 1.807) is 0 Å². The molecule has 0 heterocycles. The lowest BCUT2D eigenvalue weighted by atomic mass is 9.70. The summed E-state index contributed by atoms with van der Waals surface area (Å²) in [5.41, 5.74) is 0.584. The van der Waals surface area contributed by atoms with E-state index in [1.165, 1.54) is 19.3 Å². The van der Waals surface area contributed by atoms with Crippen LogP contribution in [0.5, 0.6) is 0 Å². The predicted octanol–water partition coefficient (Wildman–Crippen LogP) is 4.15. The fourth-order valence-corrected chi connectivity index (χ4v) is 4.38. The number of nitrogens with zero attached hydrogens (tertiary/aromatic N) is 1. The molecule has 2 rings (SSSR count). The van der Waals surface area contributed by atoms with Gasteiger partial charge in [0.25, 0.3) is 0 Å². The van der Waals surface area contributed by atoms with Crippen molar-refractivity contribution in [3.8, 4) is 0 Å². The minimum atomic E-state index is -0.159. The molecule has 0 aromatic rings. The summed E-state index contributed by atoms with van der Waals surface area (Å²) in [4.78, 5) is 10.8. The average Bonchev–Trinajstić information content (AvgIpc) is 2.78. The van der Waals surface area contributed by atoms with E-state index in [9.17, 15) is 4.91 Å². The highest BCUT2D eigenvalue weighted by Crippen LogP contribution is 2.63. The highest BCUT2D eigenvalue weighted by molar-refractivity contribution is 5.09. The Kier molecular flexibility index (Phi) is 3.82. The van der Waals surface area contributed by atoms with Crippen LogP contribution in [0.4, 0.5) is 0 Å². The van der Waals surface area contributed by atoms with E-state index >= 15 is 0 Å². The topological polar surface area (TPSA) is 38.7 Å². The summed E-state index contributed by atoms with van der Waals surface area (Å²) in [5, 5.41) is 3.20. The summed E-state index contributed by atoms with van der Waals surface area (Å²) < 4.78 is 6.17. The lowest BCUT2D eigenvalue weighted by Gasteiger charge is -2.42. The maximum Gasteiger partial charge on any atom is 0.115 e. The van der Waals surface area contributed by atoms with Gasteiger partial charge in [-0.2, -0.15) is 4.91 Å². The van der Waals surface area contributed by atoms with Gasteiger partial charge in [-0.15, -0.1) is 0 Å². The molecule has 2 fully saturated rings. The second-order valence-corrected chi connectivity index (χ2v) is 7.18. The highest BCUT2D eigenvalue weighted by Gasteiger charge is 2.60. The summed E-state index contributed by atoms with van der Waals surface area (Å²) in [6.07, 6.45) is 6.04. The van der Waals surface area contributed by atoms with Crippen LogP contribution in [0.15, 0.2) is 5.18 Å². The van der Waals surface area contributed by atoms with Gasteiger partial charge in [-0.25, -0.2) is 0 Å². The standard InChI is InChI=1S/C15H27NO2/c1-5-6-12(16-17)10-18-13-14(2,3)11-7-8-15(13,4)9-11/h11-13H,5-10H2,1-4H3. The van der Waals surface area contributed by atoms with Gasteiger partial charge in [0.05, 0.1) is 12.7 Å². The van der Waals surface area contributed by atoms with Crippen LogP contribution < -0.4 is 0 Å². The van der Waals surface area contributed by atoms with Gasteiger partial charge in [0.15, 0.2) is 0 Å². The minimum Gasteiger partial charge on any atom is -0.375 e. The van der Waals surface area contributed by atoms with E-state index < -0.39 is 0 Å². The number of nitroso groups, excluding NO2 is 1. The van der Waals surface area contributed by atoms with Crippen LogP contribution >= 0.6 is 0 Å². The molecule has 104 valence electrons. The Morgan fingerprint density at radius 3 is 2.61 bits per heavy atom. The molecular weight excluding hydrogens is 226 g/mol. The second-order valence-electron chi connectivity index (χ2n) is 7.18. The van der Waals surface area contributed by atoms with Crippen molar-refractivity contribution >= 4 is 0 Å². The van der Waals surface area contributed by atoms with Gasteiger partial charge in [0, 0.05) is 0 Å². The Morgan fingerprint density at radius 2 is 2.11 bits per heavy atom. The van der Waals surface area contributed by atoms with Gasteiger partial charge in [-0.3, -0.25) is 0 Å². The number of fused-ring (bicyclic) bond motifs is 2. The van der Waals surface area contributed by atoms with Crippen molar-refractivity contribution < 1.29 is 4.74 Å². The van der Waals surface area contributed by atoms with E-state index in [4.69, 9.17) is 4.74 Å². The molecule has 4 unspecified atom stereocenters. The molecule has 0 saturated heterocycles. The first-order valence-corrected chi connectivity index (χ1v) is 7.38. The van der Waals surface area contributed by atoms with Crippen LogP contribution in [0.25, 0.3) is 0 Å². The largest absolute Gasteiger partial charge is 0.375 e. The predicted molar refractivity (Wildman–Crippen MR) is 73.5 cm³/mol. The SMILES string of the molecule is CCCC(COC1C2(C)CCC(C2)C1(C)C)N=O. The van der Waals surface area contributed by atoms with Crippen molar-refractivity contribution in [1.82, 2.24) is 0 Å². The van der Waals surface area contributed by atoms with Crippen molar-refractivity contribution in [3.05, 3.63) is 4.91 Å². The molecular formula is C15H27NO2. The summed E-state index contributed by atoms with van der Waals surface area (Å²) in [6, 6.07) is -0.159. The third-order valence-corrected chi connectivity index (χ3v) is 5.36. The van der Waals surface area contributed by atoms with Gasteiger partial charge >= 0.3 is 0 Å². The monoisotopic (exact) mass is 253 g/mol. The van der Waals surface area contributed by atoms with E-state index in [2.05, 4.69) is 32.9 Å².